The molecule has 3 aromatic carbocycles. The van der Waals surface area contributed by atoms with Crippen molar-refractivity contribution in [2.24, 2.45) is 4.99 Å². The Kier molecular flexibility index (Phi) is 6.29. The molecular formula is C30H23BrFN3O3. The Hall–Kier alpha value is -3.88. The Bertz CT molecular complexity index is 1680. The summed E-state index contributed by atoms with van der Waals surface area (Å²) >= 11 is 3.48. The van der Waals surface area contributed by atoms with Crippen molar-refractivity contribution in [1.82, 2.24) is 9.47 Å². The number of rotatable bonds is 6. The third kappa shape index (κ3) is 4.61. The number of fused-ring (bicyclic) bond motifs is 1. The van der Waals surface area contributed by atoms with Crippen molar-refractivity contribution in [3.8, 4) is 16.8 Å². The van der Waals surface area contributed by atoms with Crippen LogP contribution in [0.25, 0.3) is 22.9 Å². The molecule has 0 radical (unpaired) electrons. The van der Waals surface area contributed by atoms with Gasteiger partial charge in [-0.2, -0.15) is 0 Å². The lowest BCUT2D eigenvalue weighted by Gasteiger charge is -2.24. The monoisotopic (exact) mass is 571 g/mol. The Balaban J connectivity index is 1.36. The first kappa shape index (κ1) is 24.5. The van der Waals surface area contributed by atoms with Gasteiger partial charge in [0.25, 0.3) is 11.8 Å². The van der Waals surface area contributed by atoms with E-state index in [1.54, 1.807) is 24.0 Å². The van der Waals surface area contributed by atoms with Crippen LogP contribution in [0.1, 0.15) is 24.3 Å². The van der Waals surface area contributed by atoms with Crippen LogP contribution in [-0.4, -0.2) is 33.9 Å². The van der Waals surface area contributed by atoms with Crippen LogP contribution in [0.3, 0.4) is 0 Å². The van der Waals surface area contributed by atoms with Crippen molar-refractivity contribution in [3.63, 3.8) is 0 Å². The summed E-state index contributed by atoms with van der Waals surface area (Å²) in [6.45, 7) is 2.19. The molecule has 1 fully saturated rings. The first-order chi connectivity index (χ1) is 18.4. The molecule has 38 heavy (non-hydrogen) atoms. The molecule has 0 bridgehead atoms. The second-order valence-electron chi connectivity index (χ2n) is 9.42. The van der Waals surface area contributed by atoms with E-state index < -0.39 is 12.3 Å². The average Bonchev–Trinajstić information content (AvgIpc) is 3.58. The zero-order valence-electron chi connectivity index (χ0n) is 20.5. The first-order valence-electron chi connectivity index (χ1n) is 12.3. The van der Waals surface area contributed by atoms with Gasteiger partial charge in [-0.25, -0.2) is 9.38 Å². The molecule has 2 aliphatic heterocycles. The zero-order chi connectivity index (χ0) is 26.4. The van der Waals surface area contributed by atoms with Crippen LogP contribution in [0.4, 0.5) is 4.39 Å². The molecule has 2 atom stereocenters. The SMILES string of the molecule is CC1O[C@@H](c2cn(-c3ccc(Br)cc3)cc2-c2ccc(F)cc2)N(CCc2ccc3c(c2)=CC(=O)N=3)C1=O. The Morgan fingerprint density at radius 3 is 2.53 bits per heavy atom. The predicted octanol–water partition coefficient (Wildman–Crippen LogP) is 4.47. The summed E-state index contributed by atoms with van der Waals surface area (Å²) in [7, 11) is 0. The van der Waals surface area contributed by atoms with Crippen molar-refractivity contribution in [2.75, 3.05) is 6.54 Å². The minimum Gasteiger partial charge on any atom is -0.341 e. The summed E-state index contributed by atoms with van der Waals surface area (Å²) in [5.74, 6) is -0.654. The molecule has 0 N–H and O–H groups in total. The summed E-state index contributed by atoms with van der Waals surface area (Å²) in [4.78, 5) is 30.6. The van der Waals surface area contributed by atoms with E-state index in [1.807, 2.05) is 59.4 Å². The second kappa shape index (κ2) is 9.78. The highest BCUT2D eigenvalue weighted by Gasteiger charge is 2.40. The van der Waals surface area contributed by atoms with Crippen LogP contribution >= 0.6 is 15.9 Å². The molecule has 0 aliphatic carbocycles. The summed E-state index contributed by atoms with van der Waals surface area (Å²) < 4.78 is 22.9. The van der Waals surface area contributed by atoms with Crippen LogP contribution in [-0.2, 0) is 20.7 Å². The van der Waals surface area contributed by atoms with E-state index in [9.17, 15) is 14.0 Å². The van der Waals surface area contributed by atoms with Crippen LogP contribution in [0.5, 0.6) is 0 Å². The van der Waals surface area contributed by atoms with Gasteiger partial charge in [-0.15, -0.1) is 0 Å². The molecule has 0 spiro atoms. The predicted molar refractivity (Wildman–Crippen MR) is 144 cm³/mol. The first-order valence-corrected chi connectivity index (χ1v) is 13.1. The fourth-order valence-electron chi connectivity index (χ4n) is 4.95. The molecule has 1 aromatic heterocycles. The third-order valence-corrected chi connectivity index (χ3v) is 7.42. The van der Waals surface area contributed by atoms with E-state index in [0.717, 1.165) is 37.6 Å². The van der Waals surface area contributed by atoms with Gasteiger partial charge >= 0.3 is 0 Å². The topological polar surface area (TPSA) is 63.9 Å². The Morgan fingerprint density at radius 1 is 1.00 bits per heavy atom. The second-order valence-corrected chi connectivity index (χ2v) is 10.3. The Morgan fingerprint density at radius 2 is 1.76 bits per heavy atom. The summed E-state index contributed by atoms with van der Waals surface area (Å²) in [6.07, 6.45) is 4.87. The molecule has 4 aromatic rings. The zero-order valence-corrected chi connectivity index (χ0v) is 22.1. The third-order valence-electron chi connectivity index (χ3n) is 6.89. The minimum absolute atomic E-state index is 0.0886. The number of carbonyl (C=O) groups excluding carboxylic acids is 2. The van der Waals surface area contributed by atoms with Crippen LogP contribution in [0.15, 0.2) is 88.6 Å². The molecule has 3 heterocycles. The van der Waals surface area contributed by atoms with Gasteiger partial charge in [-0.3, -0.25) is 9.59 Å². The number of halogens is 2. The van der Waals surface area contributed by atoms with Gasteiger partial charge in [0, 0.05) is 51.5 Å². The van der Waals surface area contributed by atoms with E-state index in [4.69, 9.17) is 4.74 Å². The summed E-state index contributed by atoms with van der Waals surface area (Å²) in [5, 5.41) is 1.47. The van der Waals surface area contributed by atoms with Gasteiger partial charge in [0.2, 0.25) is 0 Å². The lowest BCUT2D eigenvalue weighted by atomic mass is 10.0. The van der Waals surface area contributed by atoms with E-state index in [2.05, 4.69) is 20.9 Å². The molecule has 2 amide bonds. The van der Waals surface area contributed by atoms with Gasteiger partial charge < -0.3 is 14.2 Å². The highest BCUT2D eigenvalue weighted by molar-refractivity contribution is 9.10. The fourth-order valence-corrected chi connectivity index (χ4v) is 5.22. The van der Waals surface area contributed by atoms with Crippen molar-refractivity contribution < 1.29 is 18.7 Å². The molecular weight excluding hydrogens is 549 g/mol. The molecule has 6 nitrogen and oxygen atoms in total. The summed E-state index contributed by atoms with van der Waals surface area (Å²) in [5.41, 5.74) is 4.46. The van der Waals surface area contributed by atoms with E-state index in [-0.39, 0.29) is 17.6 Å². The van der Waals surface area contributed by atoms with Crippen molar-refractivity contribution in [1.29, 1.82) is 0 Å². The van der Waals surface area contributed by atoms with Gasteiger partial charge in [-0.1, -0.05) is 34.1 Å². The molecule has 2 aliphatic rings. The number of hydrogen-bond acceptors (Lipinski definition) is 3. The van der Waals surface area contributed by atoms with Crippen molar-refractivity contribution >= 4 is 33.8 Å². The quantitative estimate of drug-likeness (QED) is 0.343. The maximum absolute atomic E-state index is 13.7. The Labute approximate surface area is 226 Å². The molecule has 6 rings (SSSR count). The number of carbonyl (C=O) groups is 2. The van der Waals surface area contributed by atoms with E-state index in [0.29, 0.717) is 18.3 Å². The van der Waals surface area contributed by atoms with Crippen LogP contribution in [0, 0.1) is 5.82 Å². The highest BCUT2D eigenvalue weighted by atomic mass is 79.9. The lowest BCUT2D eigenvalue weighted by Crippen LogP contribution is -2.32. The highest BCUT2D eigenvalue weighted by Crippen LogP contribution is 2.38. The molecule has 8 heteroatoms. The maximum Gasteiger partial charge on any atom is 0.270 e. The maximum atomic E-state index is 13.7. The lowest BCUT2D eigenvalue weighted by molar-refractivity contribution is -0.130. The van der Waals surface area contributed by atoms with E-state index >= 15 is 0 Å². The van der Waals surface area contributed by atoms with Crippen molar-refractivity contribution in [3.05, 3.63) is 111 Å². The largest absolute Gasteiger partial charge is 0.341 e. The van der Waals surface area contributed by atoms with Crippen molar-refractivity contribution in [2.45, 2.75) is 25.7 Å². The van der Waals surface area contributed by atoms with Gasteiger partial charge in [-0.05, 0) is 73.0 Å². The standard InChI is InChI=1S/C30H23BrFN3O3/c1-18-29(37)35(13-12-19-2-11-27-21(14-19)15-28(36)33-27)30(38-18)26-17-34(24-9-5-22(31)6-10-24)16-25(26)20-3-7-23(32)8-4-20/h2-11,14-18,30H,12-13H2,1H3/t18?,30-/m0/s1. The summed E-state index contributed by atoms with van der Waals surface area (Å²) in [6, 6.07) is 19.9. The number of ether oxygens (including phenoxy) is 1. The fraction of sp³-hybridized carbons (Fsp3) is 0.167. The average molecular weight is 572 g/mol. The molecule has 190 valence electrons. The number of nitrogens with zero attached hydrogens (tertiary/aromatic N) is 3. The minimum atomic E-state index is -0.605. The molecule has 1 saturated heterocycles. The molecule has 0 saturated carbocycles. The van der Waals surface area contributed by atoms with Gasteiger partial charge in [0.05, 0.1) is 5.36 Å². The van der Waals surface area contributed by atoms with E-state index in [1.165, 1.54) is 18.2 Å². The van der Waals surface area contributed by atoms with Crippen LogP contribution in [0.2, 0.25) is 0 Å². The normalized spacial score (nSPS) is 18.4. The number of benzene rings is 3. The molecule has 1 unspecified atom stereocenters. The number of amides is 2. The van der Waals surface area contributed by atoms with Gasteiger partial charge in [0.1, 0.15) is 11.9 Å². The van der Waals surface area contributed by atoms with Gasteiger partial charge in [0.15, 0.2) is 6.23 Å². The number of hydrogen-bond donors (Lipinski definition) is 0. The number of aromatic nitrogens is 1. The van der Waals surface area contributed by atoms with Crippen LogP contribution < -0.4 is 10.6 Å². The smallest absolute Gasteiger partial charge is 0.270 e.